The van der Waals surface area contributed by atoms with Gasteiger partial charge in [-0.3, -0.25) is 4.79 Å². The lowest BCUT2D eigenvalue weighted by Gasteiger charge is -2.20. The second kappa shape index (κ2) is 9.05. The molecule has 0 radical (unpaired) electrons. The first-order chi connectivity index (χ1) is 10.4. The number of hydrogen-bond donors (Lipinski definition) is 2. The Kier molecular flexibility index (Phi) is 7.75. The number of carbonyl (C=O) groups is 1. The zero-order valence-corrected chi connectivity index (χ0v) is 13.4. The number of unbranched alkanes of at least 4 members (excludes halogenated alkanes) is 1. The molecule has 2 unspecified atom stereocenters. The van der Waals surface area contributed by atoms with E-state index in [2.05, 4.69) is 5.32 Å². The molecule has 0 aromatic heterocycles. The molecule has 0 aliphatic rings. The van der Waals surface area contributed by atoms with Crippen molar-refractivity contribution < 1.29 is 23.1 Å². The van der Waals surface area contributed by atoms with Crippen molar-refractivity contribution in [2.45, 2.75) is 38.0 Å². The fourth-order valence-corrected chi connectivity index (χ4v) is 2.81. The standard InChI is InChI=1S/C15H20F3NO2S/c1-3-4-5-22-9(2)15(21)19-13(8-20)10-6-11(16)14(18)12(17)7-10/h6-7,9,13,20H,3-5,8H2,1-2H3,(H,19,21). The lowest BCUT2D eigenvalue weighted by Crippen LogP contribution is -2.36. The first kappa shape index (κ1) is 18.8. The smallest absolute Gasteiger partial charge is 0.233 e. The summed E-state index contributed by atoms with van der Waals surface area (Å²) in [5, 5.41) is 11.5. The quantitative estimate of drug-likeness (QED) is 0.567. The van der Waals surface area contributed by atoms with Crippen molar-refractivity contribution in [3.63, 3.8) is 0 Å². The number of halogens is 3. The SMILES string of the molecule is CCCCSC(C)C(=O)NC(CO)c1cc(F)c(F)c(F)c1. The van der Waals surface area contributed by atoms with Gasteiger partial charge < -0.3 is 10.4 Å². The number of thioether (sulfide) groups is 1. The third kappa shape index (κ3) is 5.21. The minimum absolute atomic E-state index is 0.0157. The van der Waals surface area contributed by atoms with Crippen molar-refractivity contribution in [3.05, 3.63) is 35.1 Å². The Hall–Kier alpha value is -1.21. The van der Waals surface area contributed by atoms with Gasteiger partial charge in [0, 0.05) is 0 Å². The van der Waals surface area contributed by atoms with E-state index in [1.807, 2.05) is 6.92 Å². The predicted molar refractivity (Wildman–Crippen MR) is 81.1 cm³/mol. The van der Waals surface area contributed by atoms with Gasteiger partial charge in [0.25, 0.3) is 0 Å². The molecule has 0 aliphatic heterocycles. The van der Waals surface area contributed by atoms with Crippen LogP contribution in [-0.2, 0) is 4.79 Å². The summed E-state index contributed by atoms with van der Waals surface area (Å²) < 4.78 is 39.4. The van der Waals surface area contributed by atoms with Crippen molar-refractivity contribution >= 4 is 17.7 Å². The Morgan fingerprint density at radius 1 is 1.32 bits per heavy atom. The molecule has 1 rings (SSSR count). The maximum absolute atomic E-state index is 13.2. The first-order valence-corrected chi connectivity index (χ1v) is 8.12. The van der Waals surface area contributed by atoms with Gasteiger partial charge in [0.1, 0.15) is 0 Å². The highest BCUT2D eigenvalue weighted by Crippen LogP contribution is 2.20. The molecule has 1 aromatic rings. The summed E-state index contributed by atoms with van der Waals surface area (Å²) in [6, 6.07) is 0.564. The van der Waals surface area contributed by atoms with E-state index >= 15 is 0 Å². The molecule has 124 valence electrons. The van der Waals surface area contributed by atoms with E-state index in [1.54, 1.807) is 6.92 Å². The summed E-state index contributed by atoms with van der Waals surface area (Å²) in [4.78, 5) is 12.0. The van der Waals surface area contributed by atoms with E-state index in [0.717, 1.165) is 30.7 Å². The molecule has 2 N–H and O–H groups in total. The van der Waals surface area contributed by atoms with E-state index in [9.17, 15) is 23.1 Å². The van der Waals surface area contributed by atoms with Gasteiger partial charge in [0.15, 0.2) is 17.5 Å². The average molecular weight is 335 g/mol. The number of hydrogen-bond acceptors (Lipinski definition) is 3. The van der Waals surface area contributed by atoms with E-state index in [1.165, 1.54) is 11.8 Å². The zero-order valence-electron chi connectivity index (χ0n) is 12.5. The largest absolute Gasteiger partial charge is 0.394 e. The van der Waals surface area contributed by atoms with Crippen molar-refractivity contribution in [2.24, 2.45) is 0 Å². The average Bonchev–Trinajstić information content (AvgIpc) is 2.49. The number of aliphatic hydroxyl groups is 1. The molecule has 1 aromatic carbocycles. The van der Waals surface area contributed by atoms with Crippen molar-refractivity contribution in [1.29, 1.82) is 0 Å². The van der Waals surface area contributed by atoms with Crippen molar-refractivity contribution in [3.8, 4) is 0 Å². The number of rotatable bonds is 8. The summed E-state index contributed by atoms with van der Waals surface area (Å²) in [6.07, 6.45) is 2.01. The van der Waals surface area contributed by atoms with E-state index in [-0.39, 0.29) is 16.7 Å². The summed E-state index contributed by atoms with van der Waals surface area (Å²) >= 11 is 1.46. The van der Waals surface area contributed by atoms with Crippen LogP contribution >= 0.6 is 11.8 Å². The van der Waals surface area contributed by atoms with Crippen LogP contribution in [0.1, 0.15) is 38.3 Å². The van der Waals surface area contributed by atoms with E-state index in [0.29, 0.717) is 0 Å². The molecule has 0 bridgehead atoms. The topological polar surface area (TPSA) is 49.3 Å². The minimum atomic E-state index is -1.57. The summed E-state index contributed by atoms with van der Waals surface area (Å²) in [6.45, 7) is 3.23. The molecule has 22 heavy (non-hydrogen) atoms. The van der Waals surface area contributed by atoms with Crippen LogP contribution in [0.15, 0.2) is 12.1 Å². The second-order valence-electron chi connectivity index (χ2n) is 4.91. The number of aliphatic hydroxyl groups excluding tert-OH is 1. The lowest BCUT2D eigenvalue weighted by atomic mass is 10.1. The van der Waals surface area contributed by atoms with Crippen LogP contribution < -0.4 is 5.32 Å². The predicted octanol–water partition coefficient (Wildman–Crippen LogP) is 3.18. The number of amides is 1. The van der Waals surface area contributed by atoms with Gasteiger partial charge in [-0.05, 0) is 36.8 Å². The fourth-order valence-electron chi connectivity index (χ4n) is 1.78. The van der Waals surface area contributed by atoms with Crippen LogP contribution in [0.2, 0.25) is 0 Å². The van der Waals surface area contributed by atoms with Gasteiger partial charge in [-0.25, -0.2) is 13.2 Å². The van der Waals surface area contributed by atoms with Crippen LogP contribution in [0.5, 0.6) is 0 Å². The summed E-state index contributed by atoms with van der Waals surface area (Å²) in [7, 11) is 0. The Morgan fingerprint density at radius 2 is 1.91 bits per heavy atom. The molecule has 0 fully saturated rings. The molecule has 0 heterocycles. The van der Waals surface area contributed by atoms with Gasteiger partial charge in [-0.1, -0.05) is 13.3 Å². The molecule has 3 nitrogen and oxygen atoms in total. The van der Waals surface area contributed by atoms with E-state index < -0.39 is 30.1 Å². The monoisotopic (exact) mass is 335 g/mol. The second-order valence-corrected chi connectivity index (χ2v) is 6.36. The van der Waals surface area contributed by atoms with Crippen molar-refractivity contribution in [2.75, 3.05) is 12.4 Å². The highest BCUT2D eigenvalue weighted by molar-refractivity contribution is 8.00. The van der Waals surface area contributed by atoms with Gasteiger partial charge >= 0.3 is 0 Å². The minimum Gasteiger partial charge on any atom is -0.394 e. The van der Waals surface area contributed by atoms with Gasteiger partial charge in [-0.15, -0.1) is 11.8 Å². The summed E-state index contributed by atoms with van der Waals surface area (Å²) in [5.41, 5.74) is -0.0157. The normalized spacial score (nSPS) is 13.7. The number of nitrogens with one attached hydrogen (secondary N) is 1. The molecule has 2 atom stereocenters. The summed E-state index contributed by atoms with van der Waals surface area (Å²) in [5.74, 6) is -3.80. The molecule has 0 aliphatic carbocycles. The molecular formula is C15H20F3NO2S. The third-order valence-corrected chi connectivity index (χ3v) is 4.38. The molecular weight excluding hydrogens is 315 g/mol. The Balaban J connectivity index is 2.74. The lowest BCUT2D eigenvalue weighted by molar-refractivity contribution is -0.121. The Bertz CT molecular complexity index is 491. The van der Waals surface area contributed by atoms with Crippen LogP contribution in [0.3, 0.4) is 0 Å². The van der Waals surface area contributed by atoms with Gasteiger partial charge in [0.2, 0.25) is 5.91 Å². The van der Waals surface area contributed by atoms with Crippen LogP contribution in [-0.4, -0.2) is 28.6 Å². The maximum Gasteiger partial charge on any atom is 0.233 e. The molecule has 0 saturated heterocycles. The highest BCUT2D eigenvalue weighted by Gasteiger charge is 2.21. The fraction of sp³-hybridized carbons (Fsp3) is 0.533. The maximum atomic E-state index is 13.2. The van der Waals surface area contributed by atoms with Gasteiger partial charge in [0.05, 0.1) is 17.9 Å². The molecule has 7 heteroatoms. The van der Waals surface area contributed by atoms with Crippen LogP contribution in [0, 0.1) is 17.5 Å². The highest BCUT2D eigenvalue weighted by atomic mass is 32.2. The number of carbonyl (C=O) groups excluding carboxylic acids is 1. The molecule has 0 spiro atoms. The number of benzene rings is 1. The molecule has 0 saturated carbocycles. The first-order valence-electron chi connectivity index (χ1n) is 7.08. The Labute approximate surface area is 132 Å². The van der Waals surface area contributed by atoms with Crippen molar-refractivity contribution in [1.82, 2.24) is 5.32 Å². The van der Waals surface area contributed by atoms with E-state index in [4.69, 9.17) is 0 Å². The third-order valence-electron chi connectivity index (χ3n) is 3.14. The van der Waals surface area contributed by atoms with Crippen LogP contribution in [0.4, 0.5) is 13.2 Å². The molecule has 1 amide bonds. The van der Waals surface area contributed by atoms with Crippen LogP contribution in [0.25, 0.3) is 0 Å². The Morgan fingerprint density at radius 3 is 2.41 bits per heavy atom. The zero-order chi connectivity index (χ0) is 16.7. The van der Waals surface area contributed by atoms with Gasteiger partial charge in [-0.2, -0.15) is 0 Å².